The molecule has 0 unspecified atom stereocenters. The monoisotopic (exact) mass is 256 g/mol. The first kappa shape index (κ1) is 13.7. The lowest BCUT2D eigenvalue weighted by atomic mass is 9.75. The molecule has 0 spiro atoms. The molecular formula is C10H15F3O2S. The highest BCUT2D eigenvalue weighted by molar-refractivity contribution is 7.95. The molecule has 1 N–H and O–H groups in total. The first-order valence-corrected chi connectivity index (χ1v) is 5.76. The van der Waals surface area contributed by atoms with Crippen LogP contribution < -0.4 is 0 Å². The van der Waals surface area contributed by atoms with Crippen LogP contribution in [0.25, 0.3) is 0 Å². The normalized spacial score (nSPS) is 21.1. The van der Waals surface area contributed by atoms with Crippen molar-refractivity contribution in [2.75, 3.05) is 6.61 Å². The minimum Gasteiger partial charge on any atom is -0.422 e. The molecule has 6 heteroatoms. The molecule has 16 heavy (non-hydrogen) atoms. The molecule has 0 aromatic rings. The zero-order valence-corrected chi connectivity index (χ0v) is 10.0. The number of rotatable bonds is 3. The Labute approximate surface area is 97.1 Å². The average molecular weight is 256 g/mol. The fraction of sp³-hybridized carbons (Fsp3) is 0.800. The molecule has 0 radical (unpaired) electrons. The molecule has 0 fully saturated rings. The summed E-state index contributed by atoms with van der Waals surface area (Å²) in [6.07, 6.45) is 2.10. The zero-order valence-electron chi connectivity index (χ0n) is 9.23. The lowest BCUT2D eigenvalue weighted by Gasteiger charge is -2.33. The summed E-state index contributed by atoms with van der Waals surface area (Å²) in [7, 11) is 0. The number of allylic oxidation sites excluding steroid dienone is 1. The van der Waals surface area contributed by atoms with Crippen LogP contribution in [0.4, 0.5) is 13.2 Å². The van der Waals surface area contributed by atoms with E-state index < -0.39 is 17.6 Å². The van der Waals surface area contributed by atoms with E-state index >= 15 is 0 Å². The summed E-state index contributed by atoms with van der Waals surface area (Å²) < 4.78 is 40.7. The Morgan fingerprint density at radius 3 is 2.56 bits per heavy atom. The van der Waals surface area contributed by atoms with Crippen molar-refractivity contribution in [3.63, 3.8) is 0 Å². The van der Waals surface area contributed by atoms with Gasteiger partial charge in [0.2, 0.25) is 0 Å². The second-order valence-corrected chi connectivity index (χ2v) is 5.21. The van der Waals surface area contributed by atoms with E-state index in [1.807, 2.05) is 13.8 Å². The Balaban J connectivity index is 2.78. The van der Waals surface area contributed by atoms with Crippen LogP contribution in [0, 0.1) is 5.41 Å². The van der Waals surface area contributed by atoms with Crippen molar-refractivity contribution in [3.05, 3.63) is 11.3 Å². The molecule has 0 aromatic heterocycles. The van der Waals surface area contributed by atoms with E-state index in [1.54, 1.807) is 0 Å². The molecular weight excluding hydrogens is 241 g/mol. The first-order valence-electron chi connectivity index (χ1n) is 5.02. The third-order valence-corrected chi connectivity index (χ3v) is 3.23. The van der Waals surface area contributed by atoms with Gasteiger partial charge in [-0.1, -0.05) is 13.8 Å². The predicted molar refractivity (Wildman–Crippen MR) is 56.5 cm³/mol. The topological polar surface area (TPSA) is 29.5 Å². The number of halogens is 3. The Morgan fingerprint density at radius 1 is 1.44 bits per heavy atom. The van der Waals surface area contributed by atoms with Gasteiger partial charge in [0.1, 0.15) is 5.76 Å². The third kappa shape index (κ3) is 3.59. The van der Waals surface area contributed by atoms with Crippen LogP contribution in [-0.2, 0) is 4.18 Å². The quantitative estimate of drug-likeness (QED) is 0.782. The number of aliphatic hydroxyl groups excluding tert-OH is 1. The summed E-state index contributed by atoms with van der Waals surface area (Å²) in [4.78, 5) is 0. The summed E-state index contributed by atoms with van der Waals surface area (Å²) in [5.74, 6) is 0.279. The Kier molecular flexibility index (Phi) is 4.17. The van der Waals surface area contributed by atoms with Gasteiger partial charge >= 0.3 is 5.51 Å². The van der Waals surface area contributed by atoms with Crippen LogP contribution in [0.5, 0.6) is 0 Å². The Morgan fingerprint density at radius 2 is 2.06 bits per heavy atom. The predicted octanol–water partition coefficient (Wildman–Crippen LogP) is 3.63. The second-order valence-electron chi connectivity index (χ2n) is 4.41. The van der Waals surface area contributed by atoms with Crippen molar-refractivity contribution in [1.82, 2.24) is 0 Å². The summed E-state index contributed by atoms with van der Waals surface area (Å²) in [5.41, 5.74) is -4.11. The van der Waals surface area contributed by atoms with Crippen LogP contribution in [0.3, 0.4) is 0 Å². The molecule has 2 nitrogen and oxygen atoms in total. The summed E-state index contributed by atoms with van der Waals surface area (Å²) in [6, 6.07) is 0. The minimum atomic E-state index is -4.41. The standard InChI is InChI=1S/C10H15F3O2S/c1-9(2)5-3-4-8(7(9)6-14)15-16-10(11,12)13/h14H,3-6H2,1-2H3. The fourth-order valence-corrected chi connectivity index (χ4v) is 2.24. The van der Waals surface area contributed by atoms with Gasteiger partial charge in [-0.05, 0) is 18.3 Å². The van der Waals surface area contributed by atoms with Crippen LogP contribution >= 0.6 is 12.0 Å². The van der Waals surface area contributed by atoms with Crippen LogP contribution in [0.2, 0.25) is 0 Å². The van der Waals surface area contributed by atoms with E-state index in [0.29, 0.717) is 12.0 Å². The largest absolute Gasteiger partial charge is 0.479 e. The average Bonchev–Trinajstić information content (AvgIpc) is 2.12. The van der Waals surface area contributed by atoms with E-state index in [0.717, 1.165) is 12.8 Å². The highest BCUT2D eigenvalue weighted by Gasteiger charge is 2.35. The molecule has 0 heterocycles. The zero-order chi connectivity index (χ0) is 12.4. The maximum atomic E-state index is 12.0. The van der Waals surface area contributed by atoms with Crippen molar-refractivity contribution in [1.29, 1.82) is 0 Å². The Bertz CT molecular complexity index is 284. The van der Waals surface area contributed by atoms with Crippen LogP contribution in [0.1, 0.15) is 33.1 Å². The maximum absolute atomic E-state index is 12.0. The molecule has 0 aromatic carbocycles. The highest BCUT2D eigenvalue weighted by Crippen LogP contribution is 2.43. The molecule has 1 aliphatic carbocycles. The van der Waals surface area contributed by atoms with Gasteiger partial charge in [0, 0.05) is 12.0 Å². The number of alkyl halides is 3. The molecule has 1 rings (SSSR count). The van der Waals surface area contributed by atoms with Gasteiger partial charge in [-0.25, -0.2) is 0 Å². The summed E-state index contributed by atoms with van der Waals surface area (Å²) in [5, 5.41) is 9.20. The fourth-order valence-electron chi connectivity index (χ4n) is 1.86. The van der Waals surface area contributed by atoms with Crippen molar-refractivity contribution in [3.8, 4) is 0 Å². The van der Waals surface area contributed by atoms with Gasteiger partial charge in [0.05, 0.1) is 6.61 Å². The molecule has 0 aliphatic heterocycles. The van der Waals surface area contributed by atoms with Gasteiger partial charge < -0.3 is 9.29 Å². The molecule has 0 bridgehead atoms. The number of hydrogen-bond donors (Lipinski definition) is 1. The van der Waals surface area contributed by atoms with Gasteiger partial charge in [0.25, 0.3) is 0 Å². The first-order chi connectivity index (χ1) is 7.26. The van der Waals surface area contributed by atoms with Crippen LogP contribution in [0.15, 0.2) is 11.3 Å². The molecule has 0 amide bonds. The maximum Gasteiger partial charge on any atom is 0.479 e. The van der Waals surface area contributed by atoms with Crippen molar-refractivity contribution in [2.45, 2.75) is 38.6 Å². The third-order valence-electron chi connectivity index (χ3n) is 2.75. The van der Waals surface area contributed by atoms with E-state index in [-0.39, 0.29) is 17.8 Å². The molecule has 0 saturated carbocycles. The number of aliphatic hydroxyl groups is 1. The Hall–Kier alpha value is -0.360. The number of hydrogen-bond acceptors (Lipinski definition) is 3. The van der Waals surface area contributed by atoms with Gasteiger partial charge in [-0.15, -0.1) is 0 Å². The van der Waals surface area contributed by atoms with Crippen molar-refractivity contribution >= 4 is 12.0 Å². The SMILES string of the molecule is CC1(C)CCCC(OSC(F)(F)F)=C1CO. The molecule has 0 saturated heterocycles. The van der Waals surface area contributed by atoms with Crippen molar-refractivity contribution < 1.29 is 22.5 Å². The van der Waals surface area contributed by atoms with E-state index in [2.05, 4.69) is 0 Å². The smallest absolute Gasteiger partial charge is 0.422 e. The van der Waals surface area contributed by atoms with Crippen LogP contribution in [-0.4, -0.2) is 17.2 Å². The lowest BCUT2D eigenvalue weighted by molar-refractivity contribution is -0.0387. The van der Waals surface area contributed by atoms with E-state index in [4.69, 9.17) is 4.18 Å². The minimum absolute atomic E-state index is 0.249. The van der Waals surface area contributed by atoms with Gasteiger partial charge in [-0.2, -0.15) is 13.2 Å². The second kappa shape index (κ2) is 4.87. The molecule has 1 aliphatic rings. The van der Waals surface area contributed by atoms with Gasteiger partial charge in [0.15, 0.2) is 12.0 Å². The molecule has 94 valence electrons. The summed E-state index contributed by atoms with van der Waals surface area (Å²) in [6.45, 7) is 3.55. The molecule has 0 atom stereocenters. The van der Waals surface area contributed by atoms with E-state index in [1.165, 1.54) is 0 Å². The van der Waals surface area contributed by atoms with Crippen molar-refractivity contribution in [2.24, 2.45) is 5.41 Å². The van der Waals surface area contributed by atoms with E-state index in [9.17, 15) is 18.3 Å². The highest BCUT2D eigenvalue weighted by atomic mass is 32.2. The van der Waals surface area contributed by atoms with Gasteiger partial charge in [-0.3, -0.25) is 0 Å². The summed E-state index contributed by atoms with van der Waals surface area (Å²) >= 11 is -0.509. The lowest BCUT2D eigenvalue weighted by Crippen LogP contribution is -2.24.